The molecule has 122 valence electrons. The van der Waals surface area contributed by atoms with Crippen molar-refractivity contribution in [3.63, 3.8) is 0 Å². The number of carbonyl (C=O) groups excluding carboxylic acids is 2. The molecule has 1 fully saturated rings. The van der Waals surface area contributed by atoms with E-state index in [1.165, 1.54) is 0 Å². The lowest BCUT2D eigenvalue weighted by Gasteiger charge is -2.37. The van der Waals surface area contributed by atoms with Gasteiger partial charge >= 0.3 is 12.1 Å². The van der Waals surface area contributed by atoms with Gasteiger partial charge in [0.2, 0.25) is 0 Å². The quantitative estimate of drug-likeness (QED) is 0.814. The fourth-order valence-corrected chi connectivity index (χ4v) is 2.32. The first-order valence-corrected chi connectivity index (χ1v) is 7.11. The second kappa shape index (κ2) is 6.58. The summed E-state index contributed by atoms with van der Waals surface area (Å²) < 4.78 is 37.9. The third-order valence-electron chi connectivity index (χ3n) is 3.14. The number of hydrogen-bond acceptors (Lipinski definition) is 4. The summed E-state index contributed by atoms with van der Waals surface area (Å²) in [4.78, 5) is 23.5. The first kappa shape index (κ1) is 17.7. The SMILES string of the molecule is CCOC(=O)[C@@H]1CCCC(F)(F)[C@@H]1NC(=O)OC(C)(C)C. The first-order chi connectivity index (χ1) is 9.57. The molecule has 1 rings (SSSR count). The largest absolute Gasteiger partial charge is 0.466 e. The Morgan fingerprint density at radius 2 is 1.95 bits per heavy atom. The van der Waals surface area contributed by atoms with Crippen LogP contribution in [0.5, 0.6) is 0 Å². The van der Waals surface area contributed by atoms with Crippen LogP contribution >= 0.6 is 0 Å². The molecule has 1 aliphatic carbocycles. The van der Waals surface area contributed by atoms with Gasteiger partial charge in [-0.1, -0.05) is 0 Å². The maximum Gasteiger partial charge on any atom is 0.408 e. The molecule has 0 aromatic carbocycles. The molecule has 0 bridgehead atoms. The number of ether oxygens (including phenoxy) is 2. The Bertz CT molecular complexity index is 393. The number of alkyl halides is 2. The van der Waals surface area contributed by atoms with Crippen molar-refractivity contribution in [1.82, 2.24) is 5.32 Å². The van der Waals surface area contributed by atoms with Crippen LogP contribution in [0.1, 0.15) is 47.0 Å². The lowest BCUT2D eigenvalue weighted by atomic mass is 9.81. The fraction of sp³-hybridized carbons (Fsp3) is 0.857. The van der Waals surface area contributed by atoms with Crippen LogP contribution in [-0.4, -0.2) is 36.2 Å². The highest BCUT2D eigenvalue weighted by atomic mass is 19.3. The molecular formula is C14H23F2NO4. The molecule has 0 spiro atoms. The van der Waals surface area contributed by atoms with Crippen molar-refractivity contribution in [3.8, 4) is 0 Å². The van der Waals surface area contributed by atoms with Gasteiger partial charge in [0.1, 0.15) is 11.6 Å². The second-order valence-corrected chi connectivity index (χ2v) is 6.14. The molecule has 0 saturated heterocycles. The molecule has 1 N–H and O–H groups in total. The predicted octanol–water partition coefficient (Wildman–Crippen LogP) is 2.88. The van der Waals surface area contributed by atoms with E-state index in [1.54, 1.807) is 27.7 Å². The Hall–Kier alpha value is -1.40. The summed E-state index contributed by atoms with van der Waals surface area (Å²) in [7, 11) is 0. The Kier molecular flexibility index (Phi) is 5.53. The number of rotatable bonds is 3. The predicted molar refractivity (Wildman–Crippen MR) is 72.1 cm³/mol. The number of esters is 1. The zero-order valence-corrected chi connectivity index (χ0v) is 12.9. The van der Waals surface area contributed by atoms with Crippen molar-refractivity contribution >= 4 is 12.1 Å². The van der Waals surface area contributed by atoms with E-state index in [1.807, 2.05) is 0 Å². The van der Waals surface area contributed by atoms with E-state index in [0.717, 1.165) is 0 Å². The molecule has 5 nitrogen and oxygen atoms in total. The van der Waals surface area contributed by atoms with E-state index in [4.69, 9.17) is 9.47 Å². The molecule has 0 heterocycles. The highest BCUT2D eigenvalue weighted by molar-refractivity contribution is 5.76. The average Bonchev–Trinajstić information content (AvgIpc) is 2.29. The highest BCUT2D eigenvalue weighted by Gasteiger charge is 2.51. The maximum atomic E-state index is 14.0. The van der Waals surface area contributed by atoms with Crippen LogP contribution in [0.15, 0.2) is 0 Å². The molecule has 0 aromatic heterocycles. The van der Waals surface area contributed by atoms with Crippen LogP contribution in [0.3, 0.4) is 0 Å². The van der Waals surface area contributed by atoms with Crippen molar-refractivity contribution in [2.75, 3.05) is 6.61 Å². The third kappa shape index (κ3) is 5.13. The van der Waals surface area contributed by atoms with Crippen molar-refractivity contribution in [2.45, 2.75) is 64.5 Å². The average molecular weight is 307 g/mol. The number of nitrogens with one attached hydrogen (secondary N) is 1. The maximum absolute atomic E-state index is 14.0. The van der Waals surface area contributed by atoms with Gasteiger partial charge in [0.05, 0.1) is 12.5 Å². The summed E-state index contributed by atoms with van der Waals surface area (Å²) in [5.41, 5.74) is -0.798. The van der Waals surface area contributed by atoms with E-state index < -0.39 is 35.5 Å². The van der Waals surface area contributed by atoms with Gasteiger partial charge in [-0.05, 0) is 40.5 Å². The van der Waals surface area contributed by atoms with E-state index in [9.17, 15) is 18.4 Å². The van der Waals surface area contributed by atoms with Crippen molar-refractivity contribution in [3.05, 3.63) is 0 Å². The smallest absolute Gasteiger partial charge is 0.408 e. The van der Waals surface area contributed by atoms with Crippen molar-refractivity contribution in [2.24, 2.45) is 5.92 Å². The monoisotopic (exact) mass is 307 g/mol. The van der Waals surface area contributed by atoms with Gasteiger partial charge in [-0.15, -0.1) is 0 Å². The lowest BCUT2D eigenvalue weighted by Crippen LogP contribution is -2.57. The number of hydrogen-bond donors (Lipinski definition) is 1. The Morgan fingerprint density at radius 1 is 1.33 bits per heavy atom. The van der Waals surface area contributed by atoms with Gasteiger partial charge in [-0.2, -0.15) is 0 Å². The van der Waals surface area contributed by atoms with Gasteiger partial charge in [-0.3, -0.25) is 4.79 Å². The minimum absolute atomic E-state index is 0.111. The standard InChI is InChI=1S/C14H23F2NO4/c1-5-20-11(18)9-7-6-8-14(15,16)10(9)17-12(19)21-13(2,3)4/h9-10H,5-8H2,1-4H3,(H,17,19)/t9-,10-/m1/s1. The summed E-state index contributed by atoms with van der Waals surface area (Å²) >= 11 is 0. The highest BCUT2D eigenvalue weighted by Crippen LogP contribution is 2.37. The molecule has 21 heavy (non-hydrogen) atoms. The van der Waals surface area contributed by atoms with Crippen LogP contribution in [0.4, 0.5) is 13.6 Å². The Balaban J connectivity index is 2.84. The molecule has 1 saturated carbocycles. The van der Waals surface area contributed by atoms with Gasteiger partial charge in [0.15, 0.2) is 0 Å². The van der Waals surface area contributed by atoms with Crippen LogP contribution in [-0.2, 0) is 14.3 Å². The summed E-state index contributed by atoms with van der Waals surface area (Å²) in [5, 5.41) is 2.14. The van der Waals surface area contributed by atoms with Crippen LogP contribution in [0.25, 0.3) is 0 Å². The van der Waals surface area contributed by atoms with Gasteiger partial charge in [-0.25, -0.2) is 13.6 Å². The van der Waals surface area contributed by atoms with E-state index in [-0.39, 0.29) is 25.9 Å². The molecule has 0 unspecified atom stereocenters. The number of alkyl carbamates (subject to hydrolysis) is 1. The Morgan fingerprint density at radius 3 is 2.48 bits per heavy atom. The summed E-state index contributed by atoms with van der Waals surface area (Å²) in [6.07, 6.45) is -0.857. The summed E-state index contributed by atoms with van der Waals surface area (Å²) in [6, 6.07) is -1.60. The normalized spacial score (nSPS) is 25.0. The van der Waals surface area contributed by atoms with E-state index >= 15 is 0 Å². The molecular weight excluding hydrogens is 284 g/mol. The Labute approximate surface area is 123 Å². The lowest BCUT2D eigenvalue weighted by molar-refractivity contribution is -0.159. The fourth-order valence-electron chi connectivity index (χ4n) is 2.32. The summed E-state index contributed by atoms with van der Waals surface area (Å²) in [5.74, 6) is -4.92. The van der Waals surface area contributed by atoms with Gasteiger partial charge in [0.25, 0.3) is 5.92 Å². The number of halogens is 2. The van der Waals surface area contributed by atoms with Crippen molar-refractivity contribution in [1.29, 1.82) is 0 Å². The minimum atomic E-state index is -3.16. The molecule has 0 radical (unpaired) electrons. The summed E-state index contributed by atoms with van der Waals surface area (Å²) in [6.45, 7) is 6.62. The molecule has 0 aliphatic heterocycles. The van der Waals surface area contributed by atoms with E-state index in [0.29, 0.717) is 0 Å². The number of carbonyl (C=O) groups is 2. The molecule has 2 atom stereocenters. The molecule has 1 aliphatic rings. The molecule has 1 amide bonds. The first-order valence-electron chi connectivity index (χ1n) is 7.11. The topological polar surface area (TPSA) is 64.6 Å². The minimum Gasteiger partial charge on any atom is -0.466 e. The second-order valence-electron chi connectivity index (χ2n) is 6.14. The van der Waals surface area contributed by atoms with Crippen LogP contribution in [0.2, 0.25) is 0 Å². The zero-order valence-electron chi connectivity index (χ0n) is 12.9. The van der Waals surface area contributed by atoms with Crippen molar-refractivity contribution < 1.29 is 27.8 Å². The van der Waals surface area contributed by atoms with E-state index in [2.05, 4.69) is 5.32 Å². The van der Waals surface area contributed by atoms with Crippen LogP contribution < -0.4 is 5.32 Å². The number of amides is 1. The van der Waals surface area contributed by atoms with Crippen LogP contribution in [0, 0.1) is 5.92 Å². The molecule has 7 heteroatoms. The van der Waals surface area contributed by atoms with Gasteiger partial charge < -0.3 is 14.8 Å². The zero-order chi connectivity index (χ0) is 16.3. The third-order valence-corrected chi connectivity index (χ3v) is 3.14. The van der Waals surface area contributed by atoms with Gasteiger partial charge in [0, 0.05) is 6.42 Å². The molecule has 0 aromatic rings.